The summed E-state index contributed by atoms with van der Waals surface area (Å²) in [5.74, 6) is 0.384. The van der Waals surface area contributed by atoms with Crippen molar-refractivity contribution in [1.82, 2.24) is 20.5 Å². The summed E-state index contributed by atoms with van der Waals surface area (Å²) in [6.07, 6.45) is 1.42. The van der Waals surface area contributed by atoms with E-state index in [1.165, 1.54) is 12.4 Å². The standard InChI is InChI=1S/C12H15FN4/c1-3-14-11(12-15-7-16-17-12)9-6-8(2)4-5-10(9)13/h4-7,11,14H,3H2,1-2H3,(H,15,16,17). The van der Waals surface area contributed by atoms with Crippen LogP contribution in [-0.4, -0.2) is 21.7 Å². The quantitative estimate of drug-likeness (QED) is 0.850. The minimum atomic E-state index is -0.289. The fourth-order valence-corrected chi connectivity index (χ4v) is 1.80. The molecule has 1 unspecified atom stereocenters. The third-order valence-electron chi connectivity index (χ3n) is 2.58. The Kier molecular flexibility index (Phi) is 3.49. The summed E-state index contributed by atoms with van der Waals surface area (Å²) in [4.78, 5) is 4.09. The number of rotatable bonds is 4. The highest BCUT2D eigenvalue weighted by molar-refractivity contribution is 5.30. The van der Waals surface area contributed by atoms with Crippen LogP contribution in [0.2, 0.25) is 0 Å². The Balaban J connectivity index is 2.42. The van der Waals surface area contributed by atoms with E-state index in [0.29, 0.717) is 11.4 Å². The van der Waals surface area contributed by atoms with Gasteiger partial charge in [0.2, 0.25) is 0 Å². The summed E-state index contributed by atoms with van der Waals surface area (Å²) in [6, 6.07) is 4.76. The Morgan fingerprint density at radius 2 is 2.29 bits per heavy atom. The van der Waals surface area contributed by atoms with E-state index in [4.69, 9.17) is 0 Å². The van der Waals surface area contributed by atoms with Gasteiger partial charge in [0.1, 0.15) is 18.0 Å². The molecule has 0 saturated carbocycles. The lowest BCUT2D eigenvalue weighted by molar-refractivity contribution is 0.543. The van der Waals surface area contributed by atoms with E-state index >= 15 is 0 Å². The van der Waals surface area contributed by atoms with Crippen LogP contribution in [0, 0.1) is 12.7 Å². The molecule has 2 aromatic rings. The largest absolute Gasteiger partial charge is 0.304 e. The highest BCUT2D eigenvalue weighted by atomic mass is 19.1. The van der Waals surface area contributed by atoms with Gasteiger partial charge < -0.3 is 5.32 Å². The average molecular weight is 234 g/mol. The summed E-state index contributed by atoms with van der Waals surface area (Å²) < 4.78 is 13.8. The zero-order chi connectivity index (χ0) is 12.3. The first-order valence-electron chi connectivity index (χ1n) is 5.57. The van der Waals surface area contributed by atoms with Crippen molar-refractivity contribution < 1.29 is 4.39 Å². The summed E-state index contributed by atoms with van der Waals surface area (Å²) >= 11 is 0. The summed E-state index contributed by atoms with van der Waals surface area (Å²) in [6.45, 7) is 4.63. The van der Waals surface area contributed by atoms with Gasteiger partial charge in [-0.3, -0.25) is 5.10 Å². The van der Waals surface area contributed by atoms with Crippen LogP contribution in [0.15, 0.2) is 24.5 Å². The van der Waals surface area contributed by atoms with Crippen LogP contribution >= 0.6 is 0 Å². The monoisotopic (exact) mass is 234 g/mol. The molecule has 2 N–H and O–H groups in total. The second kappa shape index (κ2) is 5.05. The highest BCUT2D eigenvalue weighted by Crippen LogP contribution is 2.22. The molecule has 17 heavy (non-hydrogen) atoms. The van der Waals surface area contributed by atoms with Crippen LogP contribution in [0.25, 0.3) is 0 Å². The smallest absolute Gasteiger partial charge is 0.146 e. The first kappa shape index (κ1) is 11.7. The van der Waals surface area contributed by atoms with Gasteiger partial charge in [-0.1, -0.05) is 24.6 Å². The SMILES string of the molecule is CCNC(c1ncn[nH]1)c1cc(C)ccc1F. The van der Waals surface area contributed by atoms with Crippen molar-refractivity contribution in [3.63, 3.8) is 0 Å². The van der Waals surface area contributed by atoms with Gasteiger partial charge in [-0.05, 0) is 19.5 Å². The van der Waals surface area contributed by atoms with E-state index in [1.54, 1.807) is 6.07 Å². The van der Waals surface area contributed by atoms with Gasteiger partial charge in [-0.2, -0.15) is 5.10 Å². The summed E-state index contributed by atoms with van der Waals surface area (Å²) in [5, 5.41) is 9.78. The molecule has 0 saturated heterocycles. The Labute approximate surface area is 99.3 Å². The molecule has 0 fully saturated rings. The summed E-state index contributed by atoms with van der Waals surface area (Å²) in [7, 11) is 0. The molecule has 1 aromatic heterocycles. The first-order valence-corrected chi connectivity index (χ1v) is 5.57. The number of benzene rings is 1. The number of nitrogens with one attached hydrogen (secondary N) is 2. The maximum atomic E-state index is 13.8. The second-order valence-corrected chi connectivity index (χ2v) is 3.89. The molecule has 0 radical (unpaired) electrons. The van der Waals surface area contributed by atoms with E-state index in [0.717, 1.165) is 12.1 Å². The van der Waals surface area contributed by atoms with E-state index in [2.05, 4.69) is 20.5 Å². The molecule has 2 rings (SSSR count). The molecule has 4 nitrogen and oxygen atoms in total. The molecule has 0 spiro atoms. The molecule has 0 aliphatic carbocycles. The lowest BCUT2D eigenvalue weighted by Gasteiger charge is -2.16. The van der Waals surface area contributed by atoms with Crippen molar-refractivity contribution in [1.29, 1.82) is 0 Å². The van der Waals surface area contributed by atoms with E-state index < -0.39 is 0 Å². The van der Waals surface area contributed by atoms with Crippen LogP contribution in [0.1, 0.15) is 29.9 Å². The minimum absolute atomic E-state index is 0.238. The fourth-order valence-electron chi connectivity index (χ4n) is 1.80. The van der Waals surface area contributed by atoms with Crippen molar-refractivity contribution in [2.45, 2.75) is 19.9 Å². The number of aryl methyl sites for hydroxylation is 1. The Hall–Kier alpha value is -1.75. The van der Waals surface area contributed by atoms with Crippen LogP contribution in [0.5, 0.6) is 0 Å². The molecule has 5 heteroatoms. The molecule has 0 aliphatic rings. The van der Waals surface area contributed by atoms with Crippen LogP contribution in [0.4, 0.5) is 4.39 Å². The third kappa shape index (κ3) is 2.50. The highest BCUT2D eigenvalue weighted by Gasteiger charge is 2.19. The number of aromatic nitrogens is 3. The van der Waals surface area contributed by atoms with E-state index in [9.17, 15) is 4.39 Å². The maximum absolute atomic E-state index is 13.8. The van der Waals surface area contributed by atoms with Crippen LogP contribution < -0.4 is 5.32 Å². The van der Waals surface area contributed by atoms with Gasteiger partial charge in [0.05, 0.1) is 6.04 Å². The van der Waals surface area contributed by atoms with Crippen LogP contribution in [0.3, 0.4) is 0 Å². The predicted octanol–water partition coefficient (Wildman–Crippen LogP) is 1.95. The normalized spacial score (nSPS) is 12.6. The first-order chi connectivity index (χ1) is 8.22. The molecule has 1 heterocycles. The number of halogens is 1. The molecule has 1 aromatic carbocycles. The van der Waals surface area contributed by atoms with E-state index in [1.807, 2.05) is 19.9 Å². The third-order valence-corrected chi connectivity index (χ3v) is 2.58. The molecule has 1 atom stereocenters. The van der Waals surface area contributed by atoms with Gasteiger partial charge in [0.15, 0.2) is 0 Å². The van der Waals surface area contributed by atoms with Crippen molar-refractivity contribution in [3.8, 4) is 0 Å². The molecule has 0 amide bonds. The average Bonchev–Trinajstić information content (AvgIpc) is 2.83. The topological polar surface area (TPSA) is 53.6 Å². The molecular weight excluding hydrogens is 219 g/mol. The fraction of sp³-hybridized carbons (Fsp3) is 0.333. The molecule has 0 aliphatic heterocycles. The van der Waals surface area contributed by atoms with Crippen molar-refractivity contribution in [3.05, 3.63) is 47.3 Å². The van der Waals surface area contributed by atoms with E-state index in [-0.39, 0.29) is 11.9 Å². The van der Waals surface area contributed by atoms with Crippen LogP contribution in [-0.2, 0) is 0 Å². The second-order valence-electron chi connectivity index (χ2n) is 3.89. The number of nitrogens with zero attached hydrogens (tertiary/aromatic N) is 2. The van der Waals surface area contributed by atoms with Gasteiger partial charge in [-0.25, -0.2) is 9.37 Å². The molecule has 0 bridgehead atoms. The van der Waals surface area contributed by atoms with Gasteiger partial charge in [0.25, 0.3) is 0 Å². The lowest BCUT2D eigenvalue weighted by atomic mass is 10.0. The number of hydrogen-bond donors (Lipinski definition) is 2. The Bertz CT molecular complexity index is 481. The number of hydrogen-bond acceptors (Lipinski definition) is 3. The Morgan fingerprint density at radius 1 is 1.47 bits per heavy atom. The van der Waals surface area contributed by atoms with Gasteiger partial charge in [0, 0.05) is 5.56 Å². The van der Waals surface area contributed by atoms with Gasteiger partial charge in [-0.15, -0.1) is 0 Å². The number of aromatic amines is 1. The maximum Gasteiger partial charge on any atom is 0.146 e. The molecular formula is C12H15FN4. The Morgan fingerprint density at radius 3 is 2.94 bits per heavy atom. The summed E-state index contributed by atoms with van der Waals surface area (Å²) in [5.41, 5.74) is 1.60. The zero-order valence-corrected chi connectivity index (χ0v) is 9.87. The van der Waals surface area contributed by atoms with Gasteiger partial charge >= 0.3 is 0 Å². The minimum Gasteiger partial charge on any atom is -0.304 e. The van der Waals surface area contributed by atoms with Crippen molar-refractivity contribution in [2.24, 2.45) is 0 Å². The lowest BCUT2D eigenvalue weighted by Crippen LogP contribution is -2.24. The molecule has 90 valence electrons. The predicted molar refractivity (Wildman–Crippen MR) is 63.0 cm³/mol. The van der Waals surface area contributed by atoms with Crippen molar-refractivity contribution >= 4 is 0 Å². The number of H-pyrrole nitrogens is 1. The van der Waals surface area contributed by atoms with Crippen molar-refractivity contribution in [2.75, 3.05) is 6.54 Å². The zero-order valence-electron chi connectivity index (χ0n) is 9.87.